The van der Waals surface area contributed by atoms with Gasteiger partial charge in [0, 0.05) is 19.8 Å². The first kappa shape index (κ1) is 22.7. The Morgan fingerprint density at radius 2 is 1.35 bits per heavy atom. The van der Waals surface area contributed by atoms with Gasteiger partial charge in [0.2, 0.25) is 0 Å². The third-order valence-corrected chi connectivity index (χ3v) is 3.56. The number of anilines is 1. The van der Waals surface area contributed by atoms with E-state index in [1.165, 1.54) is 5.69 Å². The number of allylic oxidation sites excluding steroid dienone is 3. The molecule has 2 aliphatic rings. The molecule has 10 radical (unpaired) electrons. The van der Waals surface area contributed by atoms with Crippen LogP contribution in [-0.4, -0.2) is 19.9 Å². The first-order chi connectivity index (χ1) is 12.2. The number of hydrogen-bond donors (Lipinski definition) is 0. The number of carbonyl (C=O) groups excluding carboxylic acids is 1. The summed E-state index contributed by atoms with van der Waals surface area (Å²) in [4.78, 5) is 13.8. The van der Waals surface area contributed by atoms with Crippen LogP contribution in [0.4, 0.5) is 5.69 Å². The smallest absolute Gasteiger partial charge is 0.378 e. The second kappa shape index (κ2) is 12.9. The zero-order valence-electron chi connectivity index (χ0n) is 15.0. The fourth-order valence-corrected chi connectivity index (χ4v) is 2.15. The summed E-state index contributed by atoms with van der Waals surface area (Å²) in [5, 5.41) is 0. The van der Waals surface area contributed by atoms with E-state index < -0.39 is 0 Å². The second-order valence-electron chi connectivity index (χ2n) is 5.70. The van der Waals surface area contributed by atoms with Crippen molar-refractivity contribution in [3.8, 4) is 0 Å². The molecule has 26 heavy (non-hydrogen) atoms. The Morgan fingerprint density at radius 1 is 0.808 bits per heavy atom. The van der Waals surface area contributed by atoms with Gasteiger partial charge in [0.15, 0.2) is 5.78 Å². The number of benzene rings is 1. The van der Waals surface area contributed by atoms with Gasteiger partial charge >= 0.3 is 17.1 Å². The summed E-state index contributed by atoms with van der Waals surface area (Å²) < 4.78 is 0. The summed E-state index contributed by atoms with van der Waals surface area (Å²) >= 11 is 0. The molecule has 132 valence electrons. The summed E-state index contributed by atoms with van der Waals surface area (Å²) in [6.07, 6.45) is 24.6. The van der Waals surface area contributed by atoms with E-state index in [0.717, 1.165) is 11.5 Å². The predicted molar refractivity (Wildman–Crippen MR) is 106 cm³/mol. The summed E-state index contributed by atoms with van der Waals surface area (Å²) in [5.74, 6) is 0.757. The molecule has 0 bridgehead atoms. The third-order valence-electron chi connectivity index (χ3n) is 3.56. The van der Waals surface area contributed by atoms with Crippen molar-refractivity contribution in [2.24, 2.45) is 0 Å². The first-order valence-electron chi connectivity index (χ1n) is 8.21. The molecule has 0 saturated heterocycles. The van der Waals surface area contributed by atoms with Crippen molar-refractivity contribution in [2.45, 2.75) is 0 Å². The molecule has 0 aromatic heterocycles. The molecule has 2 fully saturated rings. The van der Waals surface area contributed by atoms with E-state index in [0.29, 0.717) is 0 Å². The molecule has 2 saturated carbocycles. The van der Waals surface area contributed by atoms with Gasteiger partial charge < -0.3 is 4.90 Å². The molecule has 1 aromatic rings. The van der Waals surface area contributed by atoms with Gasteiger partial charge in [-0.15, -0.1) is 0 Å². The van der Waals surface area contributed by atoms with Gasteiger partial charge in [-0.2, -0.15) is 0 Å². The van der Waals surface area contributed by atoms with Crippen LogP contribution < -0.4 is 4.90 Å². The van der Waals surface area contributed by atoms with Crippen LogP contribution in [0.15, 0.2) is 42.5 Å². The molecule has 0 amide bonds. The van der Waals surface area contributed by atoms with E-state index in [1.807, 2.05) is 84.0 Å². The normalized spacial score (nSPS) is 17.2. The topological polar surface area (TPSA) is 20.3 Å². The molecule has 0 unspecified atom stereocenters. The molecular formula is C23H23FeNO+2. The Morgan fingerprint density at radius 3 is 1.85 bits per heavy atom. The summed E-state index contributed by atoms with van der Waals surface area (Å²) in [6.45, 7) is 0. The molecule has 0 heterocycles. The van der Waals surface area contributed by atoms with Crippen molar-refractivity contribution in [1.29, 1.82) is 0 Å². The monoisotopic (exact) mass is 385 g/mol. The van der Waals surface area contributed by atoms with Gasteiger partial charge in [0.05, 0.1) is 5.92 Å². The van der Waals surface area contributed by atoms with Crippen LogP contribution in [0.2, 0.25) is 0 Å². The molecular weight excluding hydrogens is 362 g/mol. The summed E-state index contributed by atoms with van der Waals surface area (Å²) in [5.41, 5.74) is 2.28. The largest absolute Gasteiger partial charge is 2.00 e. The number of rotatable bonds is 5. The quantitative estimate of drug-likeness (QED) is 0.428. The van der Waals surface area contributed by atoms with Crippen molar-refractivity contribution in [3.05, 3.63) is 112 Å². The second-order valence-corrected chi connectivity index (χ2v) is 5.70. The Kier molecular flexibility index (Phi) is 11.3. The van der Waals surface area contributed by atoms with E-state index in [2.05, 4.69) is 29.2 Å². The third kappa shape index (κ3) is 8.38. The Balaban J connectivity index is 0.000000486. The van der Waals surface area contributed by atoms with Crippen LogP contribution in [0, 0.1) is 63.7 Å². The molecule has 3 rings (SSSR count). The van der Waals surface area contributed by atoms with Gasteiger partial charge in [-0.25, -0.2) is 0 Å². The zero-order chi connectivity index (χ0) is 17.9. The van der Waals surface area contributed by atoms with Crippen LogP contribution in [0.3, 0.4) is 0 Å². The van der Waals surface area contributed by atoms with Crippen molar-refractivity contribution in [2.75, 3.05) is 19.0 Å². The maximum absolute atomic E-state index is 11.7. The van der Waals surface area contributed by atoms with Gasteiger partial charge in [-0.1, -0.05) is 30.4 Å². The summed E-state index contributed by atoms with van der Waals surface area (Å²) in [6, 6.07) is 8.24. The standard InChI is InChI=1S/C18H18NO.C5H5.Fe/c1-19(2)17-13-11-15(12-14-17)7-3-6-10-18(20)16-8-4-5-9-16;1-2-4-5-3-1;/h3-14H,1-2H3;1-5H;/q;;+2/b7-3+,10-6+;;. The van der Waals surface area contributed by atoms with Gasteiger partial charge in [-0.3, -0.25) is 4.79 Å². The first-order valence-corrected chi connectivity index (χ1v) is 8.21. The van der Waals surface area contributed by atoms with Gasteiger partial charge in [0.25, 0.3) is 0 Å². The van der Waals surface area contributed by atoms with E-state index in [1.54, 1.807) is 12.2 Å². The maximum atomic E-state index is 11.7. The Hall–Kier alpha value is -1.31. The molecule has 0 atom stereocenters. The van der Waals surface area contributed by atoms with Gasteiger partial charge in [0.1, 0.15) is 0 Å². The molecule has 3 heteroatoms. The number of nitrogens with zero attached hydrogens (tertiary/aromatic N) is 1. The minimum Gasteiger partial charge on any atom is -0.378 e. The van der Waals surface area contributed by atoms with Gasteiger partial charge in [-0.05, 0) is 81.6 Å². The van der Waals surface area contributed by atoms with Crippen LogP contribution in [0.5, 0.6) is 0 Å². The molecule has 2 nitrogen and oxygen atoms in total. The maximum Gasteiger partial charge on any atom is 2.00 e. The molecule has 0 N–H and O–H groups in total. The van der Waals surface area contributed by atoms with Crippen LogP contribution >= 0.6 is 0 Å². The van der Waals surface area contributed by atoms with E-state index in [-0.39, 0.29) is 22.9 Å². The van der Waals surface area contributed by atoms with Crippen LogP contribution in [-0.2, 0) is 21.9 Å². The summed E-state index contributed by atoms with van der Waals surface area (Å²) in [7, 11) is 4.03. The predicted octanol–water partition coefficient (Wildman–Crippen LogP) is 4.32. The average molecular weight is 385 g/mol. The van der Waals surface area contributed by atoms with E-state index >= 15 is 0 Å². The molecule has 0 aliphatic heterocycles. The Labute approximate surface area is 170 Å². The van der Waals surface area contributed by atoms with Crippen LogP contribution in [0.1, 0.15) is 5.56 Å². The Bertz CT molecular complexity index is 557. The fourth-order valence-electron chi connectivity index (χ4n) is 2.15. The van der Waals surface area contributed by atoms with E-state index in [4.69, 9.17) is 0 Å². The minimum absolute atomic E-state index is 0. The van der Waals surface area contributed by atoms with Crippen molar-refractivity contribution >= 4 is 17.5 Å². The molecule has 2 aliphatic carbocycles. The van der Waals surface area contributed by atoms with Crippen LogP contribution in [0.25, 0.3) is 6.08 Å². The minimum atomic E-state index is 0. The SMILES string of the molecule is CN(C)c1ccc(/C=C/C=C/C(=O)[C]2[CH][CH][CH][CH]2)cc1.[CH]1[CH][CH][CH][CH]1.[Fe+2]. The van der Waals surface area contributed by atoms with E-state index in [9.17, 15) is 4.79 Å². The number of carbonyl (C=O) groups is 1. The number of ketones is 1. The molecule has 1 aromatic carbocycles. The average Bonchev–Trinajstić information content (AvgIpc) is 3.35. The van der Waals surface area contributed by atoms with Crippen molar-refractivity contribution in [1.82, 2.24) is 0 Å². The van der Waals surface area contributed by atoms with Crippen molar-refractivity contribution < 1.29 is 21.9 Å². The van der Waals surface area contributed by atoms with Crippen molar-refractivity contribution in [3.63, 3.8) is 0 Å². The fraction of sp³-hybridized carbons (Fsp3) is 0.0870. The number of hydrogen-bond acceptors (Lipinski definition) is 2. The zero-order valence-corrected chi connectivity index (χ0v) is 16.1. The molecule has 0 spiro atoms.